The van der Waals surface area contributed by atoms with E-state index in [1.807, 2.05) is 18.2 Å². The van der Waals surface area contributed by atoms with E-state index in [0.29, 0.717) is 11.5 Å². The van der Waals surface area contributed by atoms with Gasteiger partial charge >= 0.3 is 5.97 Å². The van der Waals surface area contributed by atoms with Crippen LogP contribution in [0.3, 0.4) is 0 Å². The third-order valence-electron chi connectivity index (χ3n) is 3.36. The molecule has 1 heterocycles. The zero-order valence-corrected chi connectivity index (χ0v) is 10.9. The van der Waals surface area contributed by atoms with Crippen molar-refractivity contribution in [1.82, 2.24) is 0 Å². The molecule has 0 amide bonds. The lowest BCUT2D eigenvalue weighted by Crippen LogP contribution is -2.11. The number of rotatable bonds is 3. The number of carbonyl (C=O) groups is 1. The van der Waals surface area contributed by atoms with Crippen molar-refractivity contribution in [2.45, 2.75) is 12.8 Å². The van der Waals surface area contributed by atoms with Gasteiger partial charge in [-0.1, -0.05) is 12.1 Å². The second-order valence-corrected chi connectivity index (χ2v) is 4.75. The van der Waals surface area contributed by atoms with Gasteiger partial charge in [0.2, 0.25) is 0 Å². The monoisotopic (exact) mass is 269 g/mol. The summed E-state index contributed by atoms with van der Waals surface area (Å²) in [6.45, 7) is 0.995. The van der Waals surface area contributed by atoms with Crippen LogP contribution in [0.2, 0.25) is 0 Å². The van der Waals surface area contributed by atoms with E-state index >= 15 is 0 Å². The molecule has 20 heavy (non-hydrogen) atoms. The quantitative estimate of drug-likeness (QED) is 0.894. The number of benzene rings is 2. The summed E-state index contributed by atoms with van der Waals surface area (Å²) in [7, 11) is 0. The fourth-order valence-corrected chi connectivity index (χ4v) is 2.37. The Labute approximate surface area is 117 Å². The number of para-hydroxylation sites is 1. The summed E-state index contributed by atoms with van der Waals surface area (Å²) in [6, 6.07) is 12.5. The standard InChI is InChI=1S/C16H15NO3/c18-16(19)13-5-1-2-6-15(13)20-12-7-8-14-11(10-12)4-3-9-17-14/h1-2,5-8,10,17H,3-4,9H2,(H,18,19). The maximum absolute atomic E-state index is 11.2. The lowest BCUT2D eigenvalue weighted by atomic mass is 10.0. The first-order valence-electron chi connectivity index (χ1n) is 6.61. The molecule has 4 nitrogen and oxygen atoms in total. The second kappa shape index (κ2) is 5.25. The summed E-state index contributed by atoms with van der Waals surface area (Å²) in [6.07, 6.45) is 2.11. The van der Waals surface area contributed by atoms with Crippen molar-refractivity contribution in [3.63, 3.8) is 0 Å². The van der Waals surface area contributed by atoms with Crippen LogP contribution in [-0.2, 0) is 6.42 Å². The smallest absolute Gasteiger partial charge is 0.339 e. The maximum Gasteiger partial charge on any atom is 0.339 e. The van der Waals surface area contributed by atoms with Crippen LogP contribution >= 0.6 is 0 Å². The van der Waals surface area contributed by atoms with Crippen LogP contribution in [0.15, 0.2) is 42.5 Å². The van der Waals surface area contributed by atoms with Gasteiger partial charge < -0.3 is 15.2 Å². The number of aromatic carboxylic acids is 1. The Morgan fingerprint density at radius 2 is 2.05 bits per heavy atom. The SMILES string of the molecule is O=C(O)c1ccccc1Oc1ccc2c(c1)CCCN2. The Morgan fingerprint density at radius 1 is 1.20 bits per heavy atom. The van der Waals surface area contributed by atoms with E-state index in [2.05, 4.69) is 5.32 Å². The van der Waals surface area contributed by atoms with Crippen molar-refractivity contribution in [2.75, 3.05) is 11.9 Å². The summed E-state index contributed by atoms with van der Waals surface area (Å²) in [5, 5.41) is 12.5. The normalized spacial score (nSPS) is 13.2. The maximum atomic E-state index is 11.2. The number of hydrogen-bond acceptors (Lipinski definition) is 3. The van der Waals surface area contributed by atoms with Crippen molar-refractivity contribution < 1.29 is 14.6 Å². The molecule has 102 valence electrons. The molecule has 0 unspecified atom stereocenters. The average Bonchev–Trinajstić information content (AvgIpc) is 2.47. The minimum absolute atomic E-state index is 0.170. The molecular weight excluding hydrogens is 254 g/mol. The molecule has 0 saturated carbocycles. The third-order valence-corrected chi connectivity index (χ3v) is 3.36. The van der Waals surface area contributed by atoms with Gasteiger partial charge in [-0.05, 0) is 48.7 Å². The summed E-state index contributed by atoms with van der Waals surface area (Å²) in [5.74, 6) is 0.0464. The third kappa shape index (κ3) is 2.45. The van der Waals surface area contributed by atoms with E-state index in [4.69, 9.17) is 9.84 Å². The molecule has 0 atom stereocenters. The van der Waals surface area contributed by atoms with Crippen molar-refractivity contribution in [1.29, 1.82) is 0 Å². The Kier molecular flexibility index (Phi) is 3.29. The lowest BCUT2D eigenvalue weighted by Gasteiger charge is -2.19. The first-order valence-corrected chi connectivity index (χ1v) is 6.61. The van der Waals surface area contributed by atoms with Crippen LogP contribution in [0.1, 0.15) is 22.3 Å². The van der Waals surface area contributed by atoms with Gasteiger partial charge in [0.1, 0.15) is 17.1 Å². The van der Waals surface area contributed by atoms with Crippen LogP contribution < -0.4 is 10.1 Å². The van der Waals surface area contributed by atoms with Gasteiger partial charge in [-0.25, -0.2) is 4.79 Å². The number of ether oxygens (including phenoxy) is 1. The van der Waals surface area contributed by atoms with Crippen LogP contribution in [0.4, 0.5) is 5.69 Å². The zero-order valence-electron chi connectivity index (χ0n) is 10.9. The fourth-order valence-electron chi connectivity index (χ4n) is 2.37. The number of anilines is 1. The Hall–Kier alpha value is -2.49. The van der Waals surface area contributed by atoms with Gasteiger partial charge in [0, 0.05) is 12.2 Å². The van der Waals surface area contributed by atoms with Crippen molar-refractivity contribution in [2.24, 2.45) is 0 Å². The molecule has 0 bridgehead atoms. The van der Waals surface area contributed by atoms with Gasteiger partial charge in [-0.15, -0.1) is 0 Å². The number of carboxylic acids is 1. The predicted octanol–water partition coefficient (Wildman–Crippen LogP) is 3.54. The first-order chi connectivity index (χ1) is 9.74. The van der Waals surface area contributed by atoms with Crippen LogP contribution in [0, 0.1) is 0 Å². The van der Waals surface area contributed by atoms with Gasteiger partial charge in [-0.2, -0.15) is 0 Å². The molecular formula is C16H15NO3. The van der Waals surface area contributed by atoms with Crippen LogP contribution in [0.5, 0.6) is 11.5 Å². The highest BCUT2D eigenvalue weighted by molar-refractivity contribution is 5.90. The van der Waals surface area contributed by atoms with E-state index < -0.39 is 5.97 Å². The van der Waals surface area contributed by atoms with Gasteiger partial charge in [0.25, 0.3) is 0 Å². The number of carboxylic acid groups (broad SMARTS) is 1. The molecule has 1 aliphatic rings. The molecule has 0 radical (unpaired) electrons. The van der Waals surface area contributed by atoms with Crippen molar-refractivity contribution in [3.05, 3.63) is 53.6 Å². The summed E-state index contributed by atoms with van der Waals surface area (Å²) < 4.78 is 5.73. The molecule has 0 saturated heterocycles. The molecule has 0 aliphatic carbocycles. The Balaban J connectivity index is 1.90. The van der Waals surface area contributed by atoms with E-state index in [-0.39, 0.29) is 5.56 Å². The number of hydrogen-bond donors (Lipinski definition) is 2. The van der Waals surface area contributed by atoms with Crippen molar-refractivity contribution in [3.8, 4) is 11.5 Å². The minimum Gasteiger partial charge on any atom is -0.478 e. The molecule has 4 heteroatoms. The average molecular weight is 269 g/mol. The Bertz CT molecular complexity index is 652. The molecule has 2 N–H and O–H groups in total. The van der Waals surface area contributed by atoms with Gasteiger partial charge in [-0.3, -0.25) is 0 Å². The topological polar surface area (TPSA) is 58.6 Å². The molecule has 3 rings (SSSR count). The summed E-state index contributed by atoms with van der Waals surface area (Å²) >= 11 is 0. The van der Waals surface area contributed by atoms with E-state index in [0.717, 1.165) is 25.1 Å². The fraction of sp³-hybridized carbons (Fsp3) is 0.188. The van der Waals surface area contributed by atoms with Crippen LogP contribution in [0.25, 0.3) is 0 Å². The van der Waals surface area contributed by atoms with Crippen LogP contribution in [-0.4, -0.2) is 17.6 Å². The predicted molar refractivity (Wildman–Crippen MR) is 76.7 cm³/mol. The largest absolute Gasteiger partial charge is 0.478 e. The molecule has 0 aromatic heterocycles. The lowest BCUT2D eigenvalue weighted by molar-refractivity contribution is 0.0694. The van der Waals surface area contributed by atoms with Crippen molar-refractivity contribution >= 4 is 11.7 Å². The zero-order chi connectivity index (χ0) is 13.9. The summed E-state index contributed by atoms with van der Waals surface area (Å²) in [4.78, 5) is 11.2. The molecule has 1 aliphatic heterocycles. The minimum atomic E-state index is -0.986. The first kappa shape index (κ1) is 12.5. The summed E-state index contributed by atoms with van der Waals surface area (Å²) in [5.41, 5.74) is 2.51. The highest BCUT2D eigenvalue weighted by atomic mass is 16.5. The van der Waals surface area contributed by atoms with Gasteiger partial charge in [0.05, 0.1) is 0 Å². The highest BCUT2D eigenvalue weighted by Crippen LogP contribution is 2.30. The van der Waals surface area contributed by atoms with Gasteiger partial charge in [0.15, 0.2) is 0 Å². The molecule has 0 fully saturated rings. The van der Waals surface area contributed by atoms with E-state index in [1.165, 1.54) is 11.6 Å². The second-order valence-electron chi connectivity index (χ2n) is 4.75. The highest BCUT2D eigenvalue weighted by Gasteiger charge is 2.13. The van der Waals surface area contributed by atoms with E-state index in [1.54, 1.807) is 18.2 Å². The van der Waals surface area contributed by atoms with E-state index in [9.17, 15) is 4.79 Å². The molecule has 2 aromatic carbocycles. The molecule has 0 spiro atoms. The number of fused-ring (bicyclic) bond motifs is 1. The molecule has 2 aromatic rings. The Morgan fingerprint density at radius 3 is 2.90 bits per heavy atom. The number of nitrogens with one attached hydrogen (secondary N) is 1. The number of aryl methyl sites for hydroxylation is 1.